The van der Waals surface area contributed by atoms with Gasteiger partial charge in [-0.2, -0.15) is 0 Å². The van der Waals surface area contributed by atoms with E-state index in [0.29, 0.717) is 13.1 Å². The lowest BCUT2D eigenvalue weighted by Gasteiger charge is -2.26. The summed E-state index contributed by atoms with van der Waals surface area (Å²) in [7, 11) is 3.42. The summed E-state index contributed by atoms with van der Waals surface area (Å²) in [4.78, 5) is 18.8. The molecule has 0 spiro atoms. The maximum atomic E-state index is 12.6. The second-order valence-corrected chi connectivity index (χ2v) is 7.18. The van der Waals surface area contributed by atoms with Gasteiger partial charge in [-0.3, -0.25) is 9.79 Å². The molecule has 29 heavy (non-hydrogen) atoms. The van der Waals surface area contributed by atoms with E-state index in [1.165, 1.54) is 6.42 Å². The Morgan fingerprint density at radius 2 is 1.69 bits per heavy atom. The van der Waals surface area contributed by atoms with Crippen molar-refractivity contribution in [1.82, 2.24) is 15.5 Å². The van der Waals surface area contributed by atoms with Crippen molar-refractivity contribution in [2.75, 3.05) is 27.2 Å². The number of hydrogen-bond acceptors (Lipinski definition) is 3. The van der Waals surface area contributed by atoms with Crippen LogP contribution in [0.4, 0.5) is 0 Å². The van der Waals surface area contributed by atoms with E-state index in [-0.39, 0.29) is 5.91 Å². The highest BCUT2D eigenvalue weighted by molar-refractivity contribution is 5.94. The number of likely N-dealkylation sites (tertiary alicyclic amines) is 1. The van der Waals surface area contributed by atoms with E-state index in [4.69, 9.17) is 4.74 Å². The van der Waals surface area contributed by atoms with E-state index in [2.05, 4.69) is 15.6 Å². The summed E-state index contributed by atoms with van der Waals surface area (Å²) in [5.74, 6) is 1.70. The monoisotopic (exact) mass is 394 g/mol. The van der Waals surface area contributed by atoms with Gasteiger partial charge in [-0.25, -0.2) is 0 Å². The maximum absolute atomic E-state index is 12.6. The number of carbonyl (C=O) groups excluding carboxylic acids is 1. The van der Waals surface area contributed by atoms with Gasteiger partial charge in [0, 0.05) is 38.8 Å². The summed E-state index contributed by atoms with van der Waals surface area (Å²) in [5, 5.41) is 6.61. The maximum Gasteiger partial charge on any atom is 0.253 e. The second kappa shape index (κ2) is 10.5. The molecule has 2 aromatic rings. The number of benzene rings is 2. The topological polar surface area (TPSA) is 66.0 Å². The Bertz CT molecular complexity index is 827. The fourth-order valence-electron chi connectivity index (χ4n) is 3.42. The number of amides is 1. The average Bonchev–Trinajstić information content (AvgIpc) is 2.80. The van der Waals surface area contributed by atoms with Crippen LogP contribution in [-0.2, 0) is 13.1 Å². The summed E-state index contributed by atoms with van der Waals surface area (Å²) in [6.07, 6.45) is 3.44. The number of aliphatic imine (C=N–C) groups is 1. The molecule has 0 aliphatic carbocycles. The molecule has 2 aromatic carbocycles. The van der Waals surface area contributed by atoms with Gasteiger partial charge in [0.15, 0.2) is 5.96 Å². The van der Waals surface area contributed by atoms with Crippen molar-refractivity contribution in [3.63, 3.8) is 0 Å². The predicted octanol–water partition coefficient (Wildman–Crippen LogP) is 3.19. The van der Waals surface area contributed by atoms with E-state index in [0.717, 1.165) is 54.3 Å². The molecule has 6 nitrogen and oxygen atoms in total. The first-order valence-corrected chi connectivity index (χ1v) is 10.2. The normalized spacial score (nSPS) is 14.4. The third kappa shape index (κ3) is 5.98. The van der Waals surface area contributed by atoms with Crippen LogP contribution in [0, 0.1) is 0 Å². The molecule has 1 aliphatic rings. The van der Waals surface area contributed by atoms with Crippen molar-refractivity contribution in [1.29, 1.82) is 0 Å². The number of methoxy groups -OCH3 is 1. The molecule has 3 rings (SSSR count). The first-order chi connectivity index (χ1) is 14.2. The van der Waals surface area contributed by atoms with Gasteiger partial charge in [0.05, 0.1) is 7.11 Å². The molecular formula is C23H30N4O2. The van der Waals surface area contributed by atoms with Gasteiger partial charge in [-0.05, 0) is 54.7 Å². The van der Waals surface area contributed by atoms with E-state index in [1.807, 2.05) is 53.4 Å². The van der Waals surface area contributed by atoms with Gasteiger partial charge in [-0.1, -0.05) is 24.3 Å². The highest BCUT2D eigenvalue weighted by atomic mass is 16.5. The minimum absolute atomic E-state index is 0.139. The Morgan fingerprint density at radius 3 is 2.34 bits per heavy atom. The smallest absolute Gasteiger partial charge is 0.253 e. The number of hydrogen-bond donors (Lipinski definition) is 2. The minimum Gasteiger partial charge on any atom is -0.497 e. The third-order valence-corrected chi connectivity index (χ3v) is 5.12. The molecule has 0 radical (unpaired) electrons. The molecule has 154 valence electrons. The number of nitrogens with zero attached hydrogens (tertiary/aromatic N) is 2. The molecule has 0 unspecified atom stereocenters. The van der Waals surface area contributed by atoms with Crippen LogP contribution in [0.3, 0.4) is 0 Å². The van der Waals surface area contributed by atoms with Gasteiger partial charge < -0.3 is 20.3 Å². The van der Waals surface area contributed by atoms with E-state index >= 15 is 0 Å². The Labute approximate surface area is 173 Å². The van der Waals surface area contributed by atoms with Crippen molar-refractivity contribution in [3.8, 4) is 5.75 Å². The lowest BCUT2D eigenvalue weighted by atomic mass is 10.1. The fourth-order valence-corrected chi connectivity index (χ4v) is 3.42. The van der Waals surface area contributed by atoms with Crippen molar-refractivity contribution < 1.29 is 9.53 Å². The van der Waals surface area contributed by atoms with Crippen LogP contribution < -0.4 is 15.4 Å². The summed E-state index contributed by atoms with van der Waals surface area (Å²) in [6.45, 7) is 3.03. The van der Waals surface area contributed by atoms with Crippen molar-refractivity contribution in [2.45, 2.75) is 32.4 Å². The van der Waals surface area contributed by atoms with Gasteiger partial charge in [0.2, 0.25) is 0 Å². The molecule has 1 saturated heterocycles. The SMILES string of the molecule is CN=C(NCc1ccc(C(=O)N2CCCCC2)cc1)NCc1cccc(OC)c1. The van der Waals surface area contributed by atoms with Crippen molar-refractivity contribution >= 4 is 11.9 Å². The van der Waals surface area contributed by atoms with Gasteiger partial charge in [0.1, 0.15) is 5.75 Å². The van der Waals surface area contributed by atoms with Crippen LogP contribution >= 0.6 is 0 Å². The fraction of sp³-hybridized carbons (Fsp3) is 0.391. The molecule has 0 bridgehead atoms. The summed E-state index contributed by atoms with van der Waals surface area (Å²) >= 11 is 0. The molecule has 2 N–H and O–H groups in total. The Morgan fingerprint density at radius 1 is 1.00 bits per heavy atom. The summed E-state index contributed by atoms with van der Waals surface area (Å²) in [6, 6.07) is 15.8. The number of guanidine groups is 1. The third-order valence-electron chi connectivity index (χ3n) is 5.12. The molecule has 1 aliphatic heterocycles. The second-order valence-electron chi connectivity index (χ2n) is 7.18. The van der Waals surface area contributed by atoms with Gasteiger partial charge in [-0.15, -0.1) is 0 Å². The van der Waals surface area contributed by atoms with Crippen molar-refractivity contribution in [2.24, 2.45) is 4.99 Å². The highest BCUT2D eigenvalue weighted by Crippen LogP contribution is 2.14. The lowest BCUT2D eigenvalue weighted by molar-refractivity contribution is 0.0724. The number of nitrogens with one attached hydrogen (secondary N) is 2. The number of rotatable bonds is 6. The van der Waals surface area contributed by atoms with E-state index in [1.54, 1.807) is 14.2 Å². The van der Waals surface area contributed by atoms with E-state index < -0.39 is 0 Å². The first kappa shape index (κ1) is 20.7. The molecule has 6 heteroatoms. The van der Waals surface area contributed by atoms with Crippen molar-refractivity contribution in [3.05, 3.63) is 65.2 Å². The molecular weight excluding hydrogens is 364 g/mol. The van der Waals surface area contributed by atoms with Crippen LogP contribution in [0.2, 0.25) is 0 Å². The summed E-state index contributed by atoms with van der Waals surface area (Å²) < 4.78 is 5.26. The van der Waals surface area contributed by atoms with Crippen LogP contribution in [0.5, 0.6) is 5.75 Å². The molecule has 1 fully saturated rings. The van der Waals surface area contributed by atoms with Crippen LogP contribution in [0.25, 0.3) is 0 Å². The Kier molecular flexibility index (Phi) is 7.50. The first-order valence-electron chi connectivity index (χ1n) is 10.2. The molecule has 0 aromatic heterocycles. The largest absolute Gasteiger partial charge is 0.497 e. The quantitative estimate of drug-likeness (QED) is 0.583. The molecule has 0 saturated carbocycles. The van der Waals surface area contributed by atoms with Gasteiger partial charge >= 0.3 is 0 Å². The number of ether oxygens (including phenoxy) is 1. The molecule has 0 atom stereocenters. The summed E-state index contributed by atoms with van der Waals surface area (Å²) in [5.41, 5.74) is 2.98. The van der Waals surface area contributed by atoms with Crippen LogP contribution in [-0.4, -0.2) is 44.0 Å². The zero-order valence-corrected chi connectivity index (χ0v) is 17.3. The zero-order chi connectivity index (χ0) is 20.5. The minimum atomic E-state index is 0.139. The predicted molar refractivity (Wildman–Crippen MR) is 116 cm³/mol. The Balaban J connectivity index is 1.49. The lowest BCUT2D eigenvalue weighted by Crippen LogP contribution is -2.36. The molecule has 1 amide bonds. The van der Waals surface area contributed by atoms with E-state index in [9.17, 15) is 4.79 Å². The van der Waals surface area contributed by atoms with Crippen LogP contribution in [0.1, 0.15) is 40.7 Å². The van der Waals surface area contributed by atoms with Gasteiger partial charge in [0.25, 0.3) is 5.91 Å². The average molecular weight is 395 g/mol. The number of piperidine rings is 1. The number of carbonyl (C=O) groups is 1. The highest BCUT2D eigenvalue weighted by Gasteiger charge is 2.17. The molecule has 1 heterocycles. The van der Waals surface area contributed by atoms with Crippen LogP contribution in [0.15, 0.2) is 53.5 Å². The zero-order valence-electron chi connectivity index (χ0n) is 17.3. The Hall–Kier alpha value is -3.02. The standard InChI is InChI=1S/C23H30N4O2/c1-24-23(26-17-19-7-6-8-21(15-19)29-2)25-16-18-9-11-20(12-10-18)22(28)27-13-4-3-5-14-27/h6-12,15H,3-5,13-14,16-17H2,1-2H3,(H2,24,25,26).